The van der Waals surface area contributed by atoms with Crippen molar-refractivity contribution in [1.82, 2.24) is 0 Å². The largest absolute Gasteiger partial charge is 0.492 e. The predicted molar refractivity (Wildman–Crippen MR) is 49.5 cm³/mol. The van der Waals surface area contributed by atoms with Crippen LogP contribution < -0.4 is 16.0 Å². The van der Waals surface area contributed by atoms with Gasteiger partial charge in [-0.15, -0.1) is 10.1 Å². The number of ether oxygens (including phenoxy) is 1. The minimum Gasteiger partial charge on any atom is -0.492 e. The topological polar surface area (TPSA) is 111 Å². The predicted octanol–water partition coefficient (Wildman–Crippen LogP) is 0.772. The molecule has 0 radical (unpaired) electrons. The second kappa shape index (κ2) is 6.38. The van der Waals surface area contributed by atoms with Crippen LogP contribution in [0.2, 0.25) is 0 Å². The summed E-state index contributed by atoms with van der Waals surface area (Å²) >= 11 is 0. The molecule has 0 aliphatic heterocycles. The van der Waals surface area contributed by atoms with Crippen molar-refractivity contribution in [3.63, 3.8) is 0 Å². The van der Waals surface area contributed by atoms with Gasteiger partial charge in [0.1, 0.15) is 0 Å². The van der Waals surface area contributed by atoms with Gasteiger partial charge in [0.25, 0.3) is 5.09 Å². The zero-order valence-corrected chi connectivity index (χ0v) is 7.81. The van der Waals surface area contributed by atoms with Crippen molar-refractivity contribution < 1.29 is 19.4 Å². The lowest BCUT2D eigenvalue weighted by Crippen LogP contribution is -2.08. The number of halogens is 1. The Morgan fingerprint density at radius 1 is 1.67 bits per heavy atom. The first-order chi connectivity index (χ1) is 7.02. The van der Waals surface area contributed by atoms with Gasteiger partial charge < -0.3 is 15.4 Å². The number of nitrogens with one attached hydrogen (secondary N) is 1. The number of rotatable bonds is 2. The summed E-state index contributed by atoms with van der Waals surface area (Å²) < 4.78 is 17.6. The number of hydrazine groups is 1. The molecule has 0 unspecified atom stereocenters. The van der Waals surface area contributed by atoms with Crippen molar-refractivity contribution in [2.75, 3.05) is 12.5 Å². The molecule has 0 aliphatic carbocycles. The van der Waals surface area contributed by atoms with E-state index in [2.05, 4.69) is 5.43 Å². The van der Waals surface area contributed by atoms with Crippen LogP contribution in [0.1, 0.15) is 0 Å². The van der Waals surface area contributed by atoms with Crippen LogP contribution in [-0.2, 0) is 0 Å². The van der Waals surface area contributed by atoms with Gasteiger partial charge in [-0.3, -0.25) is 5.84 Å². The van der Waals surface area contributed by atoms with Gasteiger partial charge in [0, 0.05) is 0 Å². The minimum atomic E-state index is -1.50. The summed E-state index contributed by atoms with van der Waals surface area (Å²) in [6.45, 7) is 0. The lowest BCUT2D eigenvalue weighted by atomic mass is 10.3. The number of nitrogens with zero attached hydrogens (tertiary/aromatic N) is 1. The summed E-state index contributed by atoms with van der Waals surface area (Å²) in [4.78, 5) is 8.36. The number of methoxy groups -OCH3 is 1. The van der Waals surface area contributed by atoms with E-state index >= 15 is 0 Å². The molecule has 0 amide bonds. The van der Waals surface area contributed by atoms with Crippen molar-refractivity contribution in [2.45, 2.75) is 0 Å². The minimum absolute atomic E-state index is 0.134. The molecule has 84 valence electrons. The maximum Gasteiger partial charge on any atom is 0.291 e. The normalized spacial score (nSPS) is 8.47. The molecular weight excluding hydrogens is 209 g/mol. The number of nitrogens with two attached hydrogens (primary N) is 1. The van der Waals surface area contributed by atoms with Gasteiger partial charge in [-0.2, -0.15) is 0 Å². The average Bonchev–Trinajstić information content (AvgIpc) is 2.16. The lowest BCUT2D eigenvalue weighted by molar-refractivity contribution is -0.742. The van der Waals surface area contributed by atoms with Gasteiger partial charge in [0.2, 0.25) is 0 Å². The van der Waals surface area contributed by atoms with Crippen molar-refractivity contribution in [3.05, 3.63) is 34.1 Å². The smallest absolute Gasteiger partial charge is 0.291 e. The van der Waals surface area contributed by atoms with Crippen LogP contribution in [0.25, 0.3) is 0 Å². The second-order valence-electron chi connectivity index (χ2n) is 2.20. The highest BCUT2D eigenvalue weighted by atomic mass is 19.1. The Hall–Kier alpha value is -2.09. The highest BCUT2D eigenvalue weighted by Crippen LogP contribution is 2.25. The van der Waals surface area contributed by atoms with Gasteiger partial charge in [-0.05, 0) is 12.1 Å². The summed E-state index contributed by atoms with van der Waals surface area (Å²) in [5.41, 5.74) is 2.76. The second-order valence-corrected chi connectivity index (χ2v) is 2.20. The first kappa shape index (κ1) is 12.9. The molecule has 0 bridgehead atoms. The Morgan fingerprint density at radius 3 is 2.53 bits per heavy atom. The molecule has 0 fully saturated rings. The van der Waals surface area contributed by atoms with Gasteiger partial charge in [0.15, 0.2) is 11.6 Å². The summed E-state index contributed by atoms with van der Waals surface area (Å²) in [7, 11) is 1.39. The summed E-state index contributed by atoms with van der Waals surface area (Å²) in [6, 6.07) is 4.48. The zero-order valence-electron chi connectivity index (χ0n) is 7.81. The van der Waals surface area contributed by atoms with Gasteiger partial charge in [0.05, 0.1) is 12.8 Å². The average molecular weight is 219 g/mol. The van der Waals surface area contributed by atoms with Crippen LogP contribution >= 0.6 is 0 Å². The quantitative estimate of drug-likeness (QED) is 0.385. The molecule has 8 heteroatoms. The van der Waals surface area contributed by atoms with Gasteiger partial charge in [-0.1, -0.05) is 6.07 Å². The number of benzene rings is 1. The monoisotopic (exact) mass is 219 g/mol. The number of hydrogen-bond donors (Lipinski definition) is 3. The number of hydrogen-bond acceptors (Lipinski definition) is 5. The molecule has 0 saturated heterocycles. The van der Waals surface area contributed by atoms with Crippen molar-refractivity contribution in [1.29, 1.82) is 0 Å². The fraction of sp³-hybridized carbons (Fsp3) is 0.143. The number of anilines is 1. The molecule has 15 heavy (non-hydrogen) atoms. The van der Waals surface area contributed by atoms with Crippen LogP contribution in [0.15, 0.2) is 18.2 Å². The molecule has 0 aliphatic rings. The SMILES string of the molecule is COc1c(F)cccc1NN.O=[N+]([O-])O. The molecule has 1 rings (SSSR count). The maximum absolute atomic E-state index is 12.8. The van der Waals surface area contributed by atoms with E-state index in [1.807, 2.05) is 0 Å². The fourth-order valence-electron chi connectivity index (χ4n) is 0.830. The van der Waals surface area contributed by atoms with Crippen molar-refractivity contribution >= 4 is 5.69 Å². The van der Waals surface area contributed by atoms with Crippen LogP contribution in [0.3, 0.4) is 0 Å². The number of nitrogen functional groups attached to an aromatic ring is 1. The molecule has 0 atom stereocenters. The Bertz CT molecular complexity index is 330. The lowest BCUT2D eigenvalue weighted by Gasteiger charge is -2.06. The van der Waals surface area contributed by atoms with Crippen LogP contribution in [-0.4, -0.2) is 17.4 Å². The Kier molecular flexibility index (Phi) is 5.49. The third-order valence-corrected chi connectivity index (χ3v) is 1.33. The molecule has 1 aromatic rings. The van der Waals surface area contributed by atoms with E-state index in [-0.39, 0.29) is 5.75 Å². The van der Waals surface area contributed by atoms with E-state index in [0.717, 1.165) is 0 Å². The first-order valence-corrected chi connectivity index (χ1v) is 3.65. The van der Waals surface area contributed by atoms with Gasteiger partial charge >= 0.3 is 0 Å². The van der Waals surface area contributed by atoms with Crippen molar-refractivity contribution in [2.24, 2.45) is 5.84 Å². The van der Waals surface area contributed by atoms with Gasteiger partial charge in [-0.25, -0.2) is 4.39 Å². The third-order valence-electron chi connectivity index (χ3n) is 1.33. The van der Waals surface area contributed by atoms with E-state index in [4.69, 9.17) is 25.9 Å². The molecule has 4 N–H and O–H groups in total. The highest BCUT2D eigenvalue weighted by Gasteiger charge is 2.05. The Labute approximate surface area is 84.3 Å². The van der Waals surface area contributed by atoms with Crippen molar-refractivity contribution in [3.8, 4) is 5.75 Å². The van der Waals surface area contributed by atoms with E-state index < -0.39 is 10.9 Å². The standard InChI is InChI=1S/C7H9FN2O.HNO3/c1-11-7-5(8)3-2-4-6(7)10-9;2-1(3)4/h2-4,10H,9H2,1H3;(H,2,3,4). The summed E-state index contributed by atoms with van der Waals surface area (Å²) in [5.74, 6) is 4.80. The Balaban J connectivity index is 0.000000423. The fourth-order valence-corrected chi connectivity index (χ4v) is 0.830. The number of para-hydroxylation sites is 1. The molecule has 0 spiro atoms. The highest BCUT2D eigenvalue weighted by molar-refractivity contribution is 5.55. The molecule has 0 aromatic heterocycles. The van der Waals surface area contributed by atoms with E-state index in [9.17, 15) is 4.39 Å². The Morgan fingerprint density at radius 2 is 2.20 bits per heavy atom. The maximum atomic E-state index is 12.8. The van der Waals surface area contributed by atoms with Crippen LogP contribution in [0, 0.1) is 15.9 Å². The van der Waals surface area contributed by atoms with E-state index in [1.165, 1.54) is 13.2 Å². The van der Waals surface area contributed by atoms with E-state index in [0.29, 0.717) is 5.69 Å². The molecule has 0 saturated carbocycles. The molecular formula is C7H10FN3O4. The molecule has 0 heterocycles. The summed E-state index contributed by atoms with van der Waals surface area (Å²) in [5, 5.41) is 13.6. The zero-order chi connectivity index (χ0) is 11.8. The third kappa shape index (κ3) is 4.62. The molecule has 7 nitrogen and oxygen atoms in total. The summed E-state index contributed by atoms with van der Waals surface area (Å²) in [6.07, 6.45) is 0. The van der Waals surface area contributed by atoms with Crippen LogP contribution in [0.5, 0.6) is 5.75 Å². The van der Waals surface area contributed by atoms with E-state index in [1.54, 1.807) is 12.1 Å². The first-order valence-electron chi connectivity index (χ1n) is 3.65. The molecule has 1 aromatic carbocycles. The van der Waals surface area contributed by atoms with Crippen LogP contribution in [0.4, 0.5) is 10.1 Å².